The quantitative estimate of drug-likeness (QED) is 0.0237. The molecule has 0 aliphatic rings. The highest BCUT2D eigenvalue weighted by molar-refractivity contribution is 7.47. The lowest BCUT2D eigenvalue weighted by Crippen LogP contribution is -2.29. The molecular formula is C48H91O9P. The van der Waals surface area contributed by atoms with Gasteiger partial charge in [-0.25, -0.2) is 4.57 Å². The number of esters is 1. The summed E-state index contributed by atoms with van der Waals surface area (Å²) >= 11 is 0. The first-order valence-corrected chi connectivity index (χ1v) is 25.5. The number of phosphoric ester groups is 1. The van der Waals surface area contributed by atoms with Crippen LogP contribution in [0.5, 0.6) is 0 Å². The Morgan fingerprint density at radius 1 is 0.552 bits per heavy atom. The zero-order chi connectivity index (χ0) is 42.5. The summed E-state index contributed by atoms with van der Waals surface area (Å²) in [5, 5.41) is 18.4. The molecule has 0 bridgehead atoms. The summed E-state index contributed by atoms with van der Waals surface area (Å²) in [6.45, 7) is 3.43. The molecule has 342 valence electrons. The number of rotatable bonds is 46. The van der Waals surface area contributed by atoms with Crippen LogP contribution in [0.2, 0.25) is 0 Å². The fourth-order valence-corrected chi connectivity index (χ4v) is 7.51. The average Bonchev–Trinajstić information content (AvgIpc) is 3.21. The molecule has 0 saturated heterocycles. The number of ether oxygens (including phenoxy) is 2. The summed E-state index contributed by atoms with van der Waals surface area (Å²) in [5.74, 6) is -0.382. The second-order valence-corrected chi connectivity index (χ2v) is 17.6. The van der Waals surface area contributed by atoms with Gasteiger partial charge in [0.25, 0.3) is 0 Å². The standard InChI is InChI=1S/C48H91O9P/c1-3-5-7-9-11-13-15-17-19-21-23-24-26-28-30-32-34-36-38-40-48(51)57-47(45-56-58(52,53)55-43-46(50)42-49)44-54-41-39-37-35-33-31-29-27-25-22-20-18-16-14-12-10-8-6-4-2/h6,8,12,14,18,20,46-47,49-50H,3-5,7,9-11,13,15-17,19,21-45H2,1-2H3,(H,52,53)/b8-6-,14-12-,20-18-. The SMILES string of the molecule is CC/C=C\C/C=C\C/C=C\CCCCCCCCCCOCC(COP(=O)(O)OCC(O)CO)OC(=O)CCCCCCCCCCCCCCCCCCCCC. The normalized spacial score (nSPS) is 14.2. The van der Waals surface area contributed by atoms with Gasteiger partial charge in [0.05, 0.1) is 26.4 Å². The highest BCUT2D eigenvalue weighted by Crippen LogP contribution is 2.43. The van der Waals surface area contributed by atoms with E-state index in [1.54, 1.807) is 0 Å². The van der Waals surface area contributed by atoms with E-state index in [-0.39, 0.29) is 25.6 Å². The van der Waals surface area contributed by atoms with Gasteiger partial charge in [0.15, 0.2) is 0 Å². The fourth-order valence-electron chi connectivity index (χ4n) is 6.72. The van der Waals surface area contributed by atoms with E-state index >= 15 is 0 Å². The molecule has 0 heterocycles. The maximum atomic E-state index is 12.7. The van der Waals surface area contributed by atoms with Gasteiger partial charge in [0.1, 0.15) is 12.2 Å². The first kappa shape index (κ1) is 56.7. The number of hydrogen-bond acceptors (Lipinski definition) is 8. The molecule has 9 nitrogen and oxygen atoms in total. The van der Waals surface area contributed by atoms with Crippen LogP contribution in [0, 0.1) is 0 Å². The molecule has 0 fully saturated rings. The molecule has 0 aromatic heterocycles. The lowest BCUT2D eigenvalue weighted by molar-refractivity contribution is -0.154. The van der Waals surface area contributed by atoms with Gasteiger partial charge < -0.3 is 24.6 Å². The van der Waals surface area contributed by atoms with Crippen molar-refractivity contribution in [1.29, 1.82) is 0 Å². The maximum absolute atomic E-state index is 12.7. The Morgan fingerprint density at radius 3 is 1.48 bits per heavy atom. The largest absolute Gasteiger partial charge is 0.472 e. The molecular weight excluding hydrogens is 751 g/mol. The monoisotopic (exact) mass is 843 g/mol. The number of aliphatic hydroxyl groups excluding tert-OH is 2. The van der Waals surface area contributed by atoms with Gasteiger partial charge in [0, 0.05) is 13.0 Å². The zero-order valence-corrected chi connectivity index (χ0v) is 38.4. The van der Waals surface area contributed by atoms with Crippen molar-refractivity contribution in [2.45, 2.75) is 232 Å². The number of allylic oxidation sites excluding steroid dienone is 6. The fraction of sp³-hybridized carbons (Fsp3) is 0.854. The Morgan fingerprint density at radius 2 is 0.983 bits per heavy atom. The van der Waals surface area contributed by atoms with Crippen molar-refractivity contribution in [3.63, 3.8) is 0 Å². The van der Waals surface area contributed by atoms with Crippen molar-refractivity contribution in [3.8, 4) is 0 Å². The Kier molecular flexibility index (Phi) is 44.2. The molecule has 0 spiro atoms. The lowest BCUT2D eigenvalue weighted by Gasteiger charge is -2.20. The first-order chi connectivity index (χ1) is 28.3. The third-order valence-corrected chi connectivity index (χ3v) is 11.3. The van der Waals surface area contributed by atoms with Crippen LogP contribution in [-0.4, -0.2) is 66.3 Å². The summed E-state index contributed by atoms with van der Waals surface area (Å²) in [4.78, 5) is 22.6. The second kappa shape index (κ2) is 45.2. The molecule has 0 aromatic rings. The van der Waals surface area contributed by atoms with Gasteiger partial charge in [0.2, 0.25) is 0 Å². The summed E-state index contributed by atoms with van der Waals surface area (Å²) < 4.78 is 33.5. The van der Waals surface area contributed by atoms with Crippen molar-refractivity contribution >= 4 is 13.8 Å². The molecule has 0 amide bonds. The molecule has 3 N–H and O–H groups in total. The number of carbonyl (C=O) groups excluding carboxylic acids is 1. The first-order valence-electron chi connectivity index (χ1n) is 24.0. The molecule has 0 saturated carbocycles. The number of aliphatic hydroxyl groups is 2. The summed E-state index contributed by atoms with van der Waals surface area (Å²) in [7, 11) is -4.52. The van der Waals surface area contributed by atoms with E-state index in [1.165, 1.54) is 135 Å². The zero-order valence-electron chi connectivity index (χ0n) is 37.5. The lowest BCUT2D eigenvalue weighted by atomic mass is 10.0. The summed E-state index contributed by atoms with van der Waals surface area (Å²) in [6.07, 6.45) is 49.6. The molecule has 3 unspecified atom stereocenters. The molecule has 10 heteroatoms. The molecule has 0 aromatic carbocycles. The van der Waals surface area contributed by atoms with Crippen molar-refractivity contribution in [3.05, 3.63) is 36.5 Å². The van der Waals surface area contributed by atoms with Gasteiger partial charge in [-0.05, 0) is 44.9 Å². The number of carbonyl (C=O) groups is 1. The average molecular weight is 843 g/mol. The van der Waals surface area contributed by atoms with Crippen LogP contribution < -0.4 is 0 Å². The van der Waals surface area contributed by atoms with E-state index < -0.39 is 33.2 Å². The molecule has 0 aliphatic heterocycles. The van der Waals surface area contributed by atoms with Crippen LogP contribution >= 0.6 is 7.82 Å². The van der Waals surface area contributed by atoms with E-state index in [0.717, 1.165) is 64.2 Å². The minimum absolute atomic E-state index is 0.0469. The van der Waals surface area contributed by atoms with Crippen LogP contribution in [0.15, 0.2) is 36.5 Å². The van der Waals surface area contributed by atoms with E-state index in [1.807, 2.05) is 0 Å². The van der Waals surface area contributed by atoms with Gasteiger partial charge in [-0.15, -0.1) is 0 Å². The molecule has 58 heavy (non-hydrogen) atoms. The molecule has 0 rings (SSSR count). The molecule has 0 radical (unpaired) electrons. The van der Waals surface area contributed by atoms with Crippen LogP contribution in [0.1, 0.15) is 219 Å². The van der Waals surface area contributed by atoms with E-state index in [2.05, 4.69) is 50.3 Å². The van der Waals surface area contributed by atoms with E-state index in [0.29, 0.717) is 6.61 Å². The van der Waals surface area contributed by atoms with Crippen LogP contribution in [0.4, 0.5) is 0 Å². The molecule has 0 aliphatic carbocycles. The third kappa shape index (κ3) is 44.2. The van der Waals surface area contributed by atoms with Crippen LogP contribution in [-0.2, 0) is 27.9 Å². The predicted molar refractivity (Wildman–Crippen MR) is 242 cm³/mol. The topological polar surface area (TPSA) is 132 Å². The van der Waals surface area contributed by atoms with Crippen LogP contribution in [0.25, 0.3) is 0 Å². The van der Waals surface area contributed by atoms with Gasteiger partial charge in [-0.2, -0.15) is 0 Å². The van der Waals surface area contributed by atoms with E-state index in [4.69, 9.17) is 23.6 Å². The minimum atomic E-state index is -4.52. The van der Waals surface area contributed by atoms with Gasteiger partial charge in [-0.3, -0.25) is 13.8 Å². The Bertz CT molecular complexity index is 1000. The van der Waals surface area contributed by atoms with Gasteiger partial charge in [-0.1, -0.05) is 204 Å². The van der Waals surface area contributed by atoms with Crippen molar-refractivity contribution in [2.75, 3.05) is 33.0 Å². The van der Waals surface area contributed by atoms with Crippen LogP contribution in [0.3, 0.4) is 0 Å². The Labute approximate surface area is 356 Å². The smallest absolute Gasteiger partial charge is 0.457 e. The van der Waals surface area contributed by atoms with E-state index in [9.17, 15) is 19.4 Å². The van der Waals surface area contributed by atoms with Crippen molar-refractivity contribution < 1.29 is 43.0 Å². The number of phosphoric acid groups is 1. The highest BCUT2D eigenvalue weighted by Gasteiger charge is 2.26. The van der Waals surface area contributed by atoms with Crippen molar-refractivity contribution in [2.24, 2.45) is 0 Å². The Balaban J connectivity index is 4.10. The number of hydrogen-bond donors (Lipinski definition) is 3. The summed E-state index contributed by atoms with van der Waals surface area (Å²) in [6, 6.07) is 0. The highest BCUT2D eigenvalue weighted by atomic mass is 31.2. The maximum Gasteiger partial charge on any atom is 0.472 e. The summed E-state index contributed by atoms with van der Waals surface area (Å²) in [5.41, 5.74) is 0. The van der Waals surface area contributed by atoms with Gasteiger partial charge >= 0.3 is 13.8 Å². The third-order valence-electron chi connectivity index (χ3n) is 10.3. The van der Waals surface area contributed by atoms with Crippen molar-refractivity contribution in [1.82, 2.24) is 0 Å². The number of unbranched alkanes of at least 4 members (excludes halogenated alkanes) is 26. The Hall–Kier alpha value is -1.32. The molecule has 3 atom stereocenters. The second-order valence-electron chi connectivity index (χ2n) is 16.1. The minimum Gasteiger partial charge on any atom is -0.457 e. The predicted octanol–water partition coefficient (Wildman–Crippen LogP) is 13.6.